The Morgan fingerprint density at radius 2 is 1.16 bits per heavy atom. The quantitative estimate of drug-likeness (QED) is 0.207. The van der Waals surface area contributed by atoms with Gasteiger partial charge in [0, 0.05) is 39.3 Å². The van der Waals surface area contributed by atoms with Gasteiger partial charge in [0.25, 0.3) is 0 Å². The highest BCUT2D eigenvalue weighted by atomic mass is 16.3. The zero-order valence-electron chi connectivity index (χ0n) is 25.3. The molecule has 1 aromatic heterocycles. The van der Waals surface area contributed by atoms with Crippen molar-refractivity contribution in [2.75, 3.05) is 4.90 Å². The van der Waals surface area contributed by atoms with Crippen LogP contribution in [0.5, 0.6) is 0 Å². The van der Waals surface area contributed by atoms with Crippen LogP contribution in [0.1, 0.15) is 25.0 Å². The molecule has 0 saturated carbocycles. The second-order valence-corrected chi connectivity index (χ2v) is 12.6. The lowest BCUT2D eigenvalue weighted by atomic mass is 9.82. The molecule has 1 aliphatic rings. The molecule has 9 rings (SSSR count). The second kappa shape index (κ2) is 9.70. The van der Waals surface area contributed by atoms with Gasteiger partial charge in [-0.25, -0.2) is 0 Å². The molecule has 0 unspecified atom stereocenters. The van der Waals surface area contributed by atoms with Crippen LogP contribution < -0.4 is 4.90 Å². The molecule has 1 heterocycles. The van der Waals surface area contributed by atoms with Gasteiger partial charge in [0.2, 0.25) is 0 Å². The number of fused-ring (bicyclic) bond motifs is 7. The lowest BCUT2D eigenvalue weighted by molar-refractivity contribution is 0.660. The van der Waals surface area contributed by atoms with Gasteiger partial charge in [-0.1, -0.05) is 117 Å². The monoisotopic (exact) mass is 577 g/mol. The van der Waals surface area contributed by atoms with Crippen molar-refractivity contribution in [3.8, 4) is 22.3 Å². The Balaban J connectivity index is 1.28. The van der Waals surface area contributed by atoms with Crippen molar-refractivity contribution in [1.29, 1.82) is 0 Å². The third-order valence-corrected chi connectivity index (χ3v) is 9.64. The van der Waals surface area contributed by atoms with E-state index in [4.69, 9.17) is 4.42 Å². The van der Waals surface area contributed by atoms with Gasteiger partial charge in [0.05, 0.1) is 0 Å². The molecule has 0 radical (unpaired) electrons. The molecule has 7 aromatic carbocycles. The predicted molar refractivity (Wildman–Crippen MR) is 189 cm³/mol. The van der Waals surface area contributed by atoms with E-state index in [0.29, 0.717) is 0 Å². The van der Waals surface area contributed by atoms with Crippen LogP contribution in [0, 0.1) is 0 Å². The summed E-state index contributed by atoms with van der Waals surface area (Å²) in [6.45, 7) is 4.70. The summed E-state index contributed by atoms with van der Waals surface area (Å²) in [6.07, 6.45) is 0. The molecule has 214 valence electrons. The molecule has 0 fully saturated rings. The Morgan fingerprint density at radius 3 is 2.04 bits per heavy atom. The summed E-state index contributed by atoms with van der Waals surface area (Å²) in [4.78, 5) is 2.37. The van der Waals surface area contributed by atoms with E-state index in [1.54, 1.807) is 0 Å². The van der Waals surface area contributed by atoms with E-state index in [9.17, 15) is 0 Å². The zero-order chi connectivity index (χ0) is 30.1. The van der Waals surface area contributed by atoms with E-state index in [0.717, 1.165) is 39.0 Å². The smallest absolute Gasteiger partial charge is 0.137 e. The number of hydrogen-bond donors (Lipinski definition) is 0. The predicted octanol–water partition coefficient (Wildman–Crippen LogP) is 12.2. The first-order chi connectivity index (χ1) is 22.1. The van der Waals surface area contributed by atoms with Gasteiger partial charge in [-0.2, -0.15) is 0 Å². The summed E-state index contributed by atoms with van der Waals surface area (Å²) in [5, 5.41) is 4.71. The largest absolute Gasteiger partial charge is 0.456 e. The molecule has 0 N–H and O–H groups in total. The molecule has 0 saturated heterocycles. The highest BCUT2D eigenvalue weighted by Gasteiger charge is 2.37. The van der Waals surface area contributed by atoms with Crippen LogP contribution >= 0.6 is 0 Å². The van der Waals surface area contributed by atoms with Gasteiger partial charge in [-0.15, -0.1) is 0 Å². The van der Waals surface area contributed by atoms with Gasteiger partial charge in [0.15, 0.2) is 0 Å². The molecular weight excluding hydrogens is 546 g/mol. The number of anilines is 3. The van der Waals surface area contributed by atoms with Crippen molar-refractivity contribution in [2.45, 2.75) is 19.3 Å². The maximum absolute atomic E-state index is 6.37. The number of nitrogens with zero attached hydrogens (tertiary/aromatic N) is 1. The minimum absolute atomic E-state index is 0.102. The standard InChI is InChI=1S/C43H31NO/c1-43(2)38-24-22-32(26-37(38)42-34(16-10-17-39(42)43)29-12-4-3-5-13-29)44(31-20-19-28-11-6-7-14-30(28)25-31)33-21-23-36-35-15-8-9-18-40(35)45-41(36)27-33/h3-27H,1-2H3. The van der Waals surface area contributed by atoms with E-state index < -0.39 is 0 Å². The average molecular weight is 578 g/mol. The van der Waals surface area contributed by atoms with Crippen molar-refractivity contribution in [2.24, 2.45) is 0 Å². The van der Waals surface area contributed by atoms with Crippen LogP contribution in [0.3, 0.4) is 0 Å². The summed E-state index contributed by atoms with van der Waals surface area (Å²) < 4.78 is 6.37. The van der Waals surface area contributed by atoms with Crippen molar-refractivity contribution < 1.29 is 4.42 Å². The minimum atomic E-state index is -0.102. The highest BCUT2D eigenvalue weighted by molar-refractivity contribution is 6.06. The van der Waals surface area contributed by atoms with Gasteiger partial charge in [0.1, 0.15) is 11.2 Å². The number of furan rings is 1. The third kappa shape index (κ3) is 3.96. The number of rotatable bonds is 4. The van der Waals surface area contributed by atoms with Gasteiger partial charge < -0.3 is 9.32 Å². The average Bonchev–Trinajstić information content (AvgIpc) is 3.56. The summed E-state index contributed by atoms with van der Waals surface area (Å²) in [6, 6.07) is 54.7. The molecular formula is C43H31NO. The van der Waals surface area contributed by atoms with E-state index in [2.05, 4.69) is 158 Å². The van der Waals surface area contributed by atoms with Crippen molar-refractivity contribution >= 4 is 49.8 Å². The number of para-hydroxylation sites is 1. The first-order valence-electron chi connectivity index (χ1n) is 15.6. The van der Waals surface area contributed by atoms with Crippen LogP contribution in [0.2, 0.25) is 0 Å². The van der Waals surface area contributed by atoms with E-state index in [-0.39, 0.29) is 5.41 Å². The van der Waals surface area contributed by atoms with Crippen molar-refractivity contribution in [1.82, 2.24) is 0 Å². The molecule has 0 amide bonds. The maximum atomic E-state index is 6.37. The van der Waals surface area contributed by atoms with Gasteiger partial charge in [-0.3, -0.25) is 0 Å². The molecule has 0 aliphatic heterocycles. The molecule has 2 nitrogen and oxygen atoms in total. The topological polar surface area (TPSA) is 16.4 Å². The number of hydrogen-bond acceptors (Lipinski definition) is 2. The fourth-order valence-electron chi connectivity index (χ4n) is 7.41. The Bertz CT molecular complexity index is 2410. The van der Waals surface area contributed by atoms with Crippen molar-refractivity contribution in [3.05, 3.63) is 163 Å². The Kier molecular flexibility index (Phi) is 5.58. The van der Waals surface area contributed by atoms with E-state index in [1.165, 1.54) is 44.2 Å². The van der Waals surface area contributed by atoms with Crippen LogP contribution in [0.4, 0.5) is 17.1 Å². The summed E-state index contributed by atoms with van der Waals surface area (Å²) >= 11 is 0. The van der Waals surface area contributed by atoms with Crippen LogP contribution in [0.25, 0.3) is 55.0 Å². The van der Waals surface area contributed by atoms with Crippen LogP contribution in [-0.4, -0.2) is 0 Å². The molecule has 8 aromatic rings. The van der Waals surface area contributed by atoms with Gasteiger partial charge in [-0.05, 0) is 86.6 Å². The lowest BCUT2D eigenvalue weighted by Gasteiger charge is -2.27. The normalized spacial score (nSPS) is 13.3. The summed E-state index contributed by atoms with van der Waals surface area (Å²) in [5.41, 5.74) is 12.9. The third-order valence-electron chi connectivity index (χ3n) is 9.64. The fourth-order valence-corrected chi connectivity index (χ4v) is 7.41. The van der Waals surface area contributed by atoms with Gasteiger partial charge >= 0.3 is 0 Å². The molecule has 0 bridgehead atoms. The molecule has 0 spiro atoms. The Labute approximate surface area is 262 Å². The molecule has 0 atom stereocenters. The van der Waals surface area contributed by atoms with Crippen molar-refractivity contribution in [3.63, 3.8) is 0 Å². The first kappa shape index (κ1) is 25.9. The molecule has 1 aliphatic carbocycles. The zero-order valence-corrected chi connectivity index (χ0v) is 25.3. The van der Waals surface area contributed by atoms with E-state index in [1.807, 2.05) is 12.1 Å². The maximum Gasteiger partial charge on any atom is 0.137 e. The minimum Gasteiger partial charge on any atom is -0.456 e. The first-order valence-corrected chi connectivity index (χ1v) is 15.6. The number of benzene rings is 7. The van der Waals surface area contributed by atoms with Crippen LogP contribution in [-0.2, 0) is 5.41 Å². The summed E-state index contributed by atoms with van der Waals surface area (Å²) in [7, 11) is 0. The Morgan fingerprint density at radius 1 is 0.467 bits per heavy atom. The van der Waals surface area contributed by atoms with E-state index >= 15 is 0 Å². The second-order valence-electron chi connectivity index (χ2n) is 12.6. The fraction of sp³-hybridized carbons (Fsp3) is 0.0698. The molecule has 45 heavy (non-hydrogen) atoms. The lowest BCUT2D eigenvalue weighted by Crippen LogP contribution is -2.15. The Hall–Kier alpha value is -5.60. The van der Waals surface area contributed by atoms with Crippen LogP contribution in [0.15, 0.2) is 156 Å². The SMILES string of the molecule is CC1(C)c2ccc(N(c3ccc4ccccc4c3)c3ccc4c(c3)oc3ccccc34)cc2-c2c(-c3ccccc3)cccc21. The highest BCUT2D eigenvalue weighted by Crippen LogP contribution is 2.53. The summed E-state index contributed by atoms with van der Waals surface area (Å²) in [5.74, 6) is 0. The molecule has 2 heteroatoms.